The lowest BCUT2D eigenvalue weighted by molar-refractivity contribution is -0.147. The molecule has 0 aliphatic rings. The van der Waals surface area contributed by atoms with E-state index in [2.05, 4.69) is 5.10 Å². The van der Waals surface area contributed by atoms with Gasteiger partial charge in [-0.15, -0.1) is 0 Å². The van der Waals surface area contributed by atoms with Gasteiger partial charge in [-0.3, -0.25) is 9.59 Å². The second-order valence-corrected chi connectivity index (χ2v) is 6.69. The van der Waals surface area contributed by atoms with Gasteiger partial charge in [-0.2, -0.15) is 18.3 Å². The monoisotopic (exact) mass is 397 g/mol. The van der Waals surface area contributed by atoms with Crippen molar-refractivity contribution in [2.75, 3.05) is 7.05 Å². The van der Waals surface area contributed by atoms with Crippen LogP contribution in [0.1, 0.15) is 35.6 Å². The third-order valence-electron chi connectivity index (χ3n) is 4.39. The van der Waals surface area contributed by atoms with Gasteiger partial charge in [0.2, 0.25) is 5.43 Å². The second kappa shape index (κ2) is 7.10. The molecule has 2 rings (SSSR count). The van der Waals surface area contributed by atoms with Crippen LogP contribution in [0.2, 0.25) is 0 Å². The molecule has 0 radical (unpaired) electrons. The molecule has 0 aliphatic heterocycles. The average Bonchev–Trinajstić information content (AvgIpc) is 2.59. The number of carboxylic acid groups (broad SMARTS) is 1. The molecule has 1 amide bonds. The van der Waals surface area contributed by atoms with E-state index in [4.69, 9.17) is 0 Å². The molecule has 2 aromatic rings. The van der Waals surface area contributed by atoms with Crippen LogP contribution >= 0.6 is 0 Å². The van der Waals surface area contributed by atoms with Crippen LogP contribution in [-0.2, 0) is 11.0 Å². The van der Waals surface area contributed by atoms with Crippen LogP contribution in [-0.4, -0.2) is 44.3 Å². The molecule has 0 spiro atoms. The SMILES string of the molecule is Cc1cc(=O)c(C(=O)N(C)C(C)(C)C(=O)O)nn1-c1cccc(C(F)(F)F)c1. The van der Waals surface area contributed by atoms with Crippen LogP contribution in [0.4, 0.5) is 13.2 Å². The minimum atomic E-state index is -4.58. The molecular formula is C18H18F3N3O4. The quantitative estimate of drug-likeness (QED) is 0.856. The fourth-order valence-electron chi connectivity index (χ4n) is 2.33. The van der Waals surface area contributed by atoms with Crippen molar-refractivity contribution in [2.24, 2.45) is 0 Å². The Balaban J connectivity index is 2.59. The molecule has 0 bridgehead atoms. The molecule has 1 aromatic heterocycles. The molecule has 10 heteroatoms. The number of nitrogens with zero attached hydrogens (tertiary/aromatic N) is 3. The molecule has 0 saturated heterocycles. The summed E-state index contributed by atoms with van der Waals surface area (Å²) < 4.78 is 40.0. The van der Waals surface area contributed by atoms with E-state index in [-0.39, 0.29) is 11.4 Å². The third kappa shape index (κ3) is 3.90. The maximum absolute atomic E-state index is 13.0. The normalized spacial score (nSPS) is 12.0. The number of hydrogen-bond acceptors (Lipinski definition) is 4. The maximum Gasteiger partial charge on any atom is 0.416 e. The Labute approximate surface area is 158 Å². The largest absolute Gasteiger partial charge is 0.480 e. The lowest BCUT2D eigenvalue weighted by atomic mass is 10.0. The number of aryl methyl sites for hydroxylation is 1. The molecule has 28 heavy (non-hydrogen) atoms. The summed E-state index contributed by atoms with van der Waals surface area (Å²) in [6.07, 6.45) is -4.58. The smallest absolute Gasteiger partial charge is 0.416 e. The first-order valence-electron chi connectivity index (χ1n) is 8.07. The number of aromatic nitrogens is 2. The molecule has 1 heterocycles. The summed E-state index contributed by atoms with van der Waals surface area (Å²) in [5.41, 5.74) is -3.69. The number of alkyl halides is 3. The Morgan fingerprint density at radius 2 is 1.79 bits per heavy atom. The molecule has 150 valence electrons. The van der Waals surface area contributed by atoms with Crippen LogP contribution in [0.5, 0.6) is 0 Å². The summed E-state index contributed by atoms with van der Waals surface area (Å²) in [7, 11) is 1.20. The van der Waals surface area contributed by atoms with E-state index >= 15 is 0 Å². The highest BCUT2D eigenvalue weighted by atomic mass is 19.4. The molecule has 1 N–H and O–H groups in total. The summed E-state index contributed by atoms with van der Waals surface area (Å²) in [5.74, 6) is -2.26. The number of hydrogen-bond donors (Lipinski definition) is 1. The predicted molar refractivity (Wildman–Crippen MR) is 93.4 cm³/mol. The number of carboxylic acids is 1. The van der Waals surface area contributed by atoms with Gasteiger partial charge < -0.3 is 10.0 Å². The van der Waals surface area contributed by atoms with Crippen LogP contribution in [0.3, 0.4) is 0 Å². The van der Waals surface area contributed by atoms with Crippen molar-refractivity contribution < 1.29 is 27.9 Å². The number of rotatable bonds is 4. The van der Waals surface area contributed by atoms with E-state index in [1.54, 1.807) is 0 Å². The summed E-state index contributed by atoms with van der Waals surface area (Å²) >= 11 is 0. The van der Waals surface area contributed by atoms with E-state index in [1.165, 1.54) is 40.0 Å². The van der Waals surface area contributed by atoms with Crippen molar-refractivity contribution in [2.45, 2.75) is 32.5 Å². The van der Waals surface area contributed by atoms with E-state index in [9.17, 15) is 32.7 Å². The fourth-order valence-corrected chi connectivity index (χ4v) is 2.33. The van der Waals surface area contributed by atoms with Crippen molar-refractivity contribution in [3.8, 4) is 5.69 Å². The van der Waals surface area contributed by atoms with Gasteiger partial charge in [0.05, 0.1) is 11.3 Å². The van der Waals surface area contributed by atoms with Crippen LogP contribution < -0.4 is 5.43 Å². The molecule has 7 nitrogen and oxygen atoms in total. The number of carbonyl (C=O) groups is 2. The zero-order valence-corrected chi connectivity index (χ0v) is 15.5. The second-order valence-electron chi connectivity index (χ2n) is 6.69. The number of carbonyl (C=O) groups excluding carboxylic acids is 1. The standard InChI is InChI=1S/C18H18F3N3O4/c1-10-8-13(25)14(15(26)23(4)17(2,3)16(27)28)22-24(10)12-7-5-6-11(9-12)18(19,20)21/h5-9H,1-4H3,(H,27,28). The highest BCUT2D eigenvalue weighted by Gasteiger charge is 2.37. The maximum atomic E-state index is 13.0. The first kappa shape index (κ1) is 21.1. The molecule has 0 aliphatic carbocycles. The number of aliphatic carboxylic acids is 1. The zero-order valence-electron chi connectivity index (χ0n) is 15.5. The Morgan fingerprint density at radius 3 is 2.32 bits per heavy atom. The van der Waals surface area contributed by atoms with Gasteiger partial charge in [-0.05, 0) is 39.0 Å². The molecular weight excluding hydrogens is 379 g/mol. The van der Waals surface area contributed by atoms with E-state index in [0.717, 1.165) is 27.8 Å². The van der Waals surface area contributed by atoms with Gasteiger partial charge >= 0.3 is 12.1 Å². The highest BCUT2D eigenvalue weighted by Crippen LogP contribution is 2.30. The first-order chi connectivity index (χ1) is 12.8. The number of likely N-dealkylation sites (N-methyl/N-ethyl adjacent to an activating group) is 1. The fraction of sp³-hybridized carbons (Fsp3) is 0.333. The Hall–Kier alpha value is -3.17. The molecule has 0 saturated carbocycles. The molecule has 1 aromatic carbocycles. The van der Waals surface area contributed by atoms with Gasteiger partial charge in [0.1, 0.15) is 5.54 Å². The Kier molecular flexibility index (Phi) is 5.36. The third-order valence-corrected chi connectivity index (χ3v) is 4.39. The predicted octanol–water partition coefficient (Wildman–Crippen LogP) is 2.49. The van der Waals surface area contributed by atoms with Gasteiger partial charge in [0, 0.05) is 18.8 Å². The number of amides is 1. The van der Waals surface area contributed by atoms with Gasteiger partial charge in [0.15, 0.2) is 5.69 Å². The lowest BCUT2D eigenvalue weighted by Gasteiger charge is -2.31. The van der Waals surface area contributed by atoms with Crippen LogP contribution in [0.25, 0.3) is 5.69 Å². The average molecular weight is 397 g/mol. The van der Waals surface area contributed by atoms with E-state index in [0.29, 0.717) is 0 Å². The first-order valence-corrected chi connectivity index (χ1v) is 8.07. The molecule has 0 atom stereocenters. The van der Waals surface area contributed by atoms with Crippen molar-refractivity contribution >= 4 is 11.9 Å². The minimum Gasteiger partial charge on any atom is -0.480 e. The topological polar surface area (TPSA) is 92.5 Å². The number of benzene rings is 1. The number of halogens is 3. The molecule has 0 fully saturated rings. The van der Waals surface area contributed by atoms with Crippen molar-refractivity contribution in [3.63, 3.8) is 0 Å². The Morgan fingerprint density at radius 1 is 1.18 bits per heavy atom. The summed E-state index contributed by atoms with van der Waals surface area (Å²) in [6, 6.07) is 5.31. The van der Waals surface area contributed by atoms with Gasteiger partial charge in [0.25, 0.3) is 5.91 Å². The zero-order chi connectivity index (χ0) is 21.4. The van der Waals surface area contributed by atoms with Crippen molar-refractivity contribution in [1.82, 2.24) is 14.7 Å². The van der Waals surface area contributed by atoms with Crippen molar-refractivity contribution in [3.05, 3.63) is 57.5 Å². The highest BCUT2D eigenvalue weighted by molar-refractivity contribution is 5.95. The summed E-state index contributed by atoms with van der Waals surface area (Å²) in [5, 5.41) is 13.2. The van der Waals surface area contributed by atoms with Gasteiger partial charge in [-0.1, -0.05) is 6.07 Å². The van der Waals surface area contributed by atoms with E-state index in [1.807, 2.05) is 0 Å². The van der Waals surface area contributed by atoms with Crippen LogP contribution in [0.15, 0.2) is 35.1 Å². The van der Waals surface area contributed by atoms with Crippen LogP contribution in [0, 0.1) is 6.92 Å². The minimum absolute atomic E-state index is 0.00141. The Bertz CT molecular complexity index is 996. The van der Waals surface area contributed by atoms with Gasteiger partial charge in [-0.25, -0.2) is 9.48 Å². The molecule has 0 unspecified atom stereocenters. The summed E-state index contributed by atoms with van der Waals surface area (Å²) in [6.45, 7) is 3.99. The summed E-state index contributed by atoms with van der Waals surface area (Å²) in [4.78, 5) is 37.1. The van der Waals surface area contributed by atoms with Crippen molar-refractivity contribution in [1.29, 1.82) is 0 Å². The lowest BCUT2D eigenvalue weighted by Crippen LogP contribution is -2.52. The van der Waals surface area contributed by atoms with E-state index < -0.39 is 40.3 Å².